The summed E-state index contributed by atoms with van der Waals surface area (Å²) in [6, 6.07) is 16.6. The molecule has 2 N–H and O–H groups in total. The van der Waals surface area contributed by atoms with Crippen LogP contribution in [0.5, 0.6) is 0 Å². The molecule has 0 aromatic heterocycles. The number of amides is 4. The lowest BCUT2D eigenvalue weighted by molar-refractivity contribution is -0.134. The van der Waals surface area contributed by atoms with Gasteiger partial charge in [0, 0.05) is 6.54 Å². The molecule has 6 nitrogen and oxygen atoms in total. The fraction of sp³-hybridized carbons (Fsp3) is 0.318. The summed E-state index contributed by atoms with van der Waals surface area (Å²) >= 11 is 0. The number of hydrogen-bond donors (Lipinski definition) is 2. The topological polar surface area (TPSA) is 78.5 Å². The molecule has 1 atom stereocenters. The van der Waals surface area contributed by atoms with Crippen LogP contribution >= 0.6 is 0 Å². The molecule has 6 heteroatoms. The Bertz CT molecular complexity index is 864. The number of aryl methyl sites for hydroxylation is 1. The minimum Gasteiger partial charge on any atom is -0.350 e. The van der Waals surface area contributed by atoms with Gasteiger partial charge >= 0.3 is 6.03 Å². The van der Waals surface area contributed by atoms with Crippen LogP contribution < -0.4 is 10.6 Å². The fourth-order valence-corrected chi connectivity index (χ4v) is 3.33. The van der Waals surface area contributed by atoms with Crippen LogP contribution in [0.4, 0.5) is 4.79 Å². The minimum atomic E-state index is -1.17. The van der Waals surface area contributed by atoms with Crippen LogP contribution in [0.2, 0.25) is 0 Å². The van der Waals surface area contributed by atoms with E-state index in [1.807, 2.05) is 54.6 Å². The Hall–Kier alpha value is -3.15. The molecular weight excluding hydrogens is 354 g/mol. The first-order chi connectivity index (χ1) is 13.4. The van der Waals surface area contributed by atoms with Crippen LogP contribution in [0.3, 0.4) is 0 Å². The van der Waals surface area contributed by atoms with Crippen molar-refractivity contribution in [1.29, 1.82) is 0 Å². The molecule has 1 heterocycles. The number of carbonyl (C=O) groups excluding carboxylic acids is 3. The maximum atomic E-state index is 12.9. The summed E-state index contributed by atoms with van der Waals surface area (Å²) in [5.41, 5.74) is 1.67. The molecule has 2 aromatic rings. The molecule has 2 aromatic carbocycles. The number of carbonyl (C=O) groups is 3. The summed E-state index contributed by atoms with van der Waals surface area (Å²) < 4.78 is 0. The van der Waals surface area contributed by atoms with Gasteiger partial charge in [-0.3, -0.25) is 14.5 Å². The summed E-state index contributed by atoms with van der Waals surface area (Å²) in [7, 11) is 0. The highest BCUT2D eigenvalue weighted by atomic mass is 16.2. The Balaban J connectivity index is 1.66. The van der Waals surface area contributed by atoms with Gasteiger partial charge in [-0.25, -0.2) is 4.79 Å². The Morgan fingerprint density at radius 2 is 1.71 bits per heavy atom. The number of nitrogens with one attached hydrogen (secondary N) is 2. The van der Waals surface area contributed by atoms with E-state index < -0.39 is 17.5 Å². The monoisotopic (exact) mass is 379 g/mol. The Morgan fingerprint density at radius 3 is 2.36 bits per heavy atom. The molecule has 1 fully saturated rings. The molecular formula is C22H25N3O3. The van der Waals surface area contributed by atoms with Crippen molar-refractivity contribution < 1.29 is 14.4 Å². The van der Waals surface area contributed by atoms with Crippen LogP contribution in [0.15, 0.2) is 54.6 Å². The van der Waals surface area contributed by atoms with Gasteiger partial charge in [0.05, 0.1) is 0 Å². The first kappa shape index (κ1) is 19.6. The first-order valence-electron chi connectivity index (χ1n) is 9.48. The third-order valence-corrected chi connectivity index (χ3v) is 4.98. The standard InChI is InChI=1S/C22H25N3O3/c1-3-7-16-10-12-18(13-11-16)22(2)20(27)25(21(28)24-22)15-19(26)23-14-17-8-5-4-6-9-17/h4-6,8-13H,3,7,14-15H2,1-2H3,(H,23,26)(H,24,28). The maximum Gasteiger partial charge on any atom is 0.325 e. The van der Waals surface area contributed by atoms with E-state index in [2.05, 4.69) is 17.6 Å². The van der Waals surface area contributed by atoms with Crippen molar-refractivity contribution in [2.24, 2.45) is 0 Å². The number of nitrogens with zero attached hydrogens (tertiary/aromatic N) is 1. The second-order valence-electron chi connectivity index (χ2n) is 7.16. The SMILES string of the molecule is CCCc1ccc(C2(C)NC(=O)N(CC(=O)NCc3ccccc3)C2=O)cc1. The molecule has 0 spiro atoms. The van der Waals surface area contributed by atoms with E-state index in [-0.39, 0.29) is 12.5 Å². The molecule has 146 valence electrons. The van der Waals surface area contributed by atoms with Gasteiger partial charge in [0.25, 0.3) is 5.91 Å². The van der Waals surface area contributed by atoms with Crippen LogP contribution in [-0.4, -0.2) is 29.3 Å². The highest BCUT2D eigenvalue weighted by molar-refractivity contribution is 6.09. The minimum absolute atomic E-state index is 0.305. The van der Waals surface area contributed by atoms with Crippen molar-refractivity contribution >= 4 is 17.8 Å². The highest BCUT2D eigenvalue weighted by Gasteiger charge is 2.49. The van der Waals surface area contributed by atoms with Gasteiger partial charge < -0.3 is 10.6 Å². The Morgan fingerprint density at radius 1 is 1.04 bits per heavy atom. The molecule has 4 amide bonds. The Kier molecular flexibility index (Phi) is 5.78. The van der Waals surface area contributed by atoms with Crippen LogP contribution in [0, 0.1) is 0 Å². The quantitative estimate of drug-likeness (QED) is 0.726. The molecule has 0 saturated carbocycles. The number of benzene rings is 2. The van der Waals surface area contributed by atoms with E-state index in [0.29, 0.717) is 12.1 Å². The van der Waals surface area contributed by atoms with Gasteiger partial charge in [-0.05, 0) is 30.0 Å². The van der Waals surface area contributed by atoms with Crippen molar-refractivity contribution in [3.63, 3.8) is 0 Å². The molecule has 1 aliphatic rings. The van der Waals surface area contributed by atoms with Crippen molar-refractivity contribution in [3.05, 3.63) is 71.3 Å². The van der Waals surface area contributed by atoms with E-state index in [0.717, 1.165) is 23.3 Å². The van der Waals surface area contributed by atoms with Gasteiger partial charge in [-0.2, -0.15) is 0 Å². The van der Waals surface area contributed by atoms with Crippen LogP contribution in [-0.2, 0) is 28.1 Å². The summed E-state index contributed by atoms with van der Waals surface area (Å²) in [6.45, 7) is 3.82. The lowest BCUT2D eigenvalue weighted by Gasteiger charge is -2.22. The van der Waals surface area contributed by atoms with Crippen molar-refractivity contribution in [2.75, 3.05) is 6.54 Å². The van der Waals surface area contributed by atoms with Crippen molar-refractivity contribution in [2.45, 2.75) is 38.8 Å². The second kappa shape index (κ2) is 8.25. The van der Waals surface area contributed by atoms with Gasteiger partial charge in [-0.15, -0.1) is 0 Å². The van der Waals surface area contributed by atoms with Crippen LogP contribution in [0.1, 0.15) is 37.0 Å². The summed E-state index contributed by atoms with van der Waals surface area (Å²) in [5, 5.41) is 5.48. The zero-order valence-electron chi connectivity index (χ0n) is 16.2. The lowest BCUT2D eigenvalue weighted by Crippen LogP contribution is -2.43. The molecule has 1 unspecified atom stereocenters. The highest BCUT2D eigenvalue weighted by Crippen LogP contribution is 2.29. The smallest absolute Gasteiger partial charge is 0.325 e. The largest absolute Gasteiger partial charge is 0.350 e. The van der Waals surface area contributed by atoms with E-state index in [4.69, 9.17) is 0 Å². The number of hydrogen-bond acceptors (Lipinski definition) is 3. The molecule has 28 heavy (non-hydrogen) atoms. The molecule has 0 radical (unpaired) electrons. The average molecular weight is 379 g/mol. The number of urea groups is 1. The van der Waals surface area contributed by atoms with Crippen molar-refractivity contribution in [3.8, 4) is 0 Å². The predicted molar refractivity (Wildman–Crippen MR) is 106 cm³/mol. The van der Waals surface area contributed by atoms with E-state index in [1.165, 1.54) is 5.56 Å². The van der Waals surface area contributed by atoms with E-state index in [1.54, 1.807) is 6.92 Å². The van der Waals surface area contributed by atoms with E-state index in [9.17, 15) is 14.4 Å². The molecule has 1 saturated heterocycles. The number of rotatable bonds is 7. The van der Waals surface area contributed by atoms with Gasteiger partial charge in [0.1, 0.15) is 12.1 Å². The lowest BCUT2D eigenvalue weighted by atomic mass is 9.91. The molecule has 3 rings (SSSR count). The third kappa shape index (κ3) is 4.06. The molecule has 1 aliphatic heterocycles. The van der Waals surface area contributed by atoms with Gasteiger partial charge in [0.2, 0.25) is 5.91 Å². The summed E-state index contributed by atoms with van der Waals surface area (Å²) in [4.78, 5) is 38.5. The van der Waals surface area contributed by atoms with E-state index >= 15 is 0 Å². The maximum absolute atomic E-state index is 12.9. The van der Waals surface area contributed by atoms with Gasteiger partial charge in [-0.1, -0.05) is 67.9 Å². The second-order valence-corrected chi connectivity index (χ2v) is 7.16. The molecule has 0 aliphatic carbocycles. The first-order valence-corrected chi connectivity index (χ1v) is 9.48. The zero-order valence-corrected chi connectivity index (χ0v) is 16.2. The Labute approximate surface area is 164 Å². The predicted octanol–water partition coefficient (Wildman–Crippen LogP) is 2.72. The normalized spacial score (nSPS) is 18.9. The van der Waals surface area contributed by atoms with Gasteiger partial charge in [0.15, 0.2) is 0 Å². The fourth-order valence-electron chi connectivity index (χ4n) is 3.33. The summed E-state index contributed by atoms with van der Waals surface area (Å²) in [6.07, 6.45) is 2.00. The average Bonchev–Trinajstić information content (AvgIpc) is 2.92. The molecule has 0 bridgehead atoms. The third-order valence-electron chi connectivity index (χ3n) is 4.98. The summed E-state index contributed by atoms with van der Waals surface area (Å²) in [5.74, 6) is -0.800. The van der Waals surface area contributed by atoms with Crippen molar-refractivity contribution in [1.82, 2.24) is 15.5 Å². The zero-order chi connectivity index (χ0) is 20.1. The van der Waals surface area contributed by atoms with Crippen LogP contribution in [0.25, 0.3) is 0 Å². The number of imide groups is 1.